The summed E-state index contributed by atoms with van der Waals surface area (Å²) in [4.78, 5) is 16.1. The van der Waals surface area contributed by atoms with Crippen molar-refractivity contribution in [1.29, 1.82) is 0 Å². The molecule has 4 rings (SSSR count). The summed E-state index contributed by atoms with van der Waals surface area (Å²) < 4.78 is 5.94. The number of aromatic nitrogens is 1. The molecule has 2 heterocycles. The number of ether oxygens (including phenoxy) is 1. The zero-order valence-corrected chi connectivity index (χ0v) is 16.7. The minimum atomic E-state index is -0.159. The minimum absolute atomic E-state index is 0.109. The summed E-state index contributed by atoms with van der Waals surface area (Å²) >= 11 is 0. The van der Waals surface area contributed by atoms with Crippen LogP contribution in [0.2, 0.25) is 0 Å². The van der Waals surface area contributed by atoms with Crippen LogP contribution >= 0.6 is 0 Å². The predicted molar refractivity (Wildman–Crippen MR) is 114 cm³/mol. The van der Waals surface area contributed by atoms with Gasteiger partial charge in [-0.25, -0.2) is 0 Å². The second-order valence-electron chi connectivity index (χ2n) is 7.98. The highest BCUT2D eigenvalue weighted by molar-refractivity contribution is 6.03. The van der Waals surface area contributed by atoms with E-state index < -0.39 is 0 Å². The Hall–Kier alpha value is -3.18. The lowest BCUT2D eigenvalue weighted by Crippen LogP contribution is -2.24. The Morgan fingerprint density at radius 2 is 1.83 bits per heavy atom. The lowest BCUT2D eigenvalue weighted by Gasteiger charge is -2.16. The molecule has 1 amide bonds. The molecule has 0 radical (unpaired) electrons. The first-order valence-corrected chi connectivity index (χ1v) is 9.80. The maximum atomic E-state index is 12.2. The van der Waals surface area contributed by atoms with Crippen LogP contribution in [-0.2, 0) is 19.5 Å². The first-order chi connectivity index (χ1) is 14.0. The van der Waals surface area contributed by atoms with E-state index in [4.69, 9.17) is 4.74 Å². The van der Waals surface area contributed by atoms with Crippen molar-refractivity contribution in [1.82, 2.24) is 10.3 Å². The molecular weight excluding hydrogens is 362 g/mol. The van der Waals surface area contributed by atoms with Gasteiger partial charge in [-0.3, -0.25) is 9.78 Å². The van der Waals surface area contributed by atoms with Crippen molar-refractivity contribution >= 4 is 11.6 Å². The van der Waals surface area contributed by atoms with Crippen LogP contribution in [0.4, 0.5) is 5.69 Å². The van der Waals surface area contributed by atoms with E-state index in [0.29, 0.717) is 5.56 Å². The molecule has 0 unspecified atom stereocenters. The third-order valence-electron chi connectivity index (χ3n) is 4.92. The van der Waals surface area contributed by atoms with Crippen LogP contribution in [-0.4, -0.2) is 16.5 Å². The molecule has 2 N–H and O–H groups in total. The molecule has 5 heteroatoms. The van der Waals surface area contributed by atoms with E-state index in [0.717, 1.165) is 36.5 Å². The van der Waals surface area contributed by atoms with E-state index in [-0.39, 0.29) is 11.5 Å². The summed E-state index contributed by atoms with van der Waals surface area (Å²) in [7, 11) is 0. The Morgan fingerprint density at radius 3 is 2.59 bits per heavy atom. The van der Waals surface area contributed by atoms with Crippen molar-refractivity contribution in [3.05, 3.63) is 89.2 Å². The van der Waals surface area contributed by atoms with E-state index in [1.54, 1.807) is 24.5 Å². The Morgan fingerprint density at radius 1 is 1.07 bits per heavy atom. The summed E-state index contributed by atoms with van der Waals surface area (Å²) in [6.45, 7) is 5.80. The van der Waals surface area contributed by atoms with Gasteiger partial charge in [-0.2, -0.15) is 0 Å². The predicted octanol–water partition coefficient (Wildman–Crippen LogP) is 4.34. The quantitative estimate of drug-likeness (QED) is 0.661. The highest BCUT2D eigenvalue weighted by Crippen LogP contribution is 2.35. The molecule has 0 bridgehead atoms. The second-order valence-corrected chi connectivity index (χ2v) is 7.98. The molecule has 0 spiro atoms. The van der Waals surface area contributed by atoms with Gasteiger partial charge >= 0.3 is 0 Å². The smallest absolute Gasteiger partial charge is 0.257 e. The molecule has 0 saturated heterocycles. The number of nitrogens with zero attached hydrogens (tertiary/aromatic N) is 1. The maximum absolute atomic E-state index is 12.2. The van der Waals surface area contributed by atoms with E-state index >= 15 is 0 Å². The van der Waals surface area contributed by atoms with Gasteiger partial charge in [0.25, 0.3) is 5.91 Å². The van der Waals surface area contributed by atoms with E-state index in [1.807, 2.05) is 24.3 Å². The van der Waals surface area contributed by atoms with Gasteiger partial charge in [-0.1, -0.05) is 24.3 Å². The number of anilines is 1. The SMILES string of the molecule is CC1(C)Cc2cc(CNCc3ccc(NC(=O)c4cccnc4)cc3)ccc2O1. The molecule has 0 aliphatic carbocycles. The van der Waals surface area contributed by atoms with Gasteiger partial charge in [0.2, 0.25) is 0 Å². The molecular formula is C24H25N3O2. The molecule has 1 aromatic heterocycles. The third-order valence-corrected chi connectivity index (χ3v) is 4.92. The first-order valence-electron chi connectivity index (χ1n) is 9.80. The fourth-order valence-electron chi connectivity index (χ4n) is 3.53. The average molecular weight is 387 g/mol. The zero-order chi connectivity index (χ0) is 20.3. The highest BCUT2D eigenvalue weighted by atomic mass is 16.5. The fourth-order valence-corrected chi connectivity index (χ4v) is 3.53. The average Bonchev–Trinajstić information content (AvgIpc) is 3.03. The molecule has 1 aliphatic heterocycles. The van der Waals surface area contributed by atoms with Crippen LogP contribution < -0.4 is 15.4 Å². The summed E-state index contributed by atoms with van der Waals surface area (Å²) in [5.41, 5.74) is 4.90. The minimum Gasteiger partial charge on any atom is -0.487 e. The highest BCUT2D eigenvalue weighted by Gasteiger charge is 2.29. The number of carbonyl (C=O) groups is 1. The Balaban J connectivity index is 1.28. The van der Waals surface area contributed by atoms with Crippen LogP contribution in [0.25, 0.3) is 0 Å². The molecule has 0 fully saturated rings. The third kappa shape index (κ3) is 4.81. The van der Waals surface area contributed by atoms with E-state index in [2.05, 4.69) is 47.7 Å². The van der Waals surface area contributed by atoms with Crippen molar-refractivity contribution in [2.75, 3.05) is 5.32 Å². The number of nitrogens with one attached hydrogen (secondary N) is 2. The Kier molecular flexibility index (Phi) is 5.32. The van der Waals surface area contributed by atoms with E-state index in [9.17, 15) is 4.79 Å². The van der Waals surface area contributed by atoms with Crippen LogP contribution in [0.1, 0.15) is 40.9 Å². The van der Waals surface area contributed by atoms with Crippen LogP contribution in [0.15, 0.2) is 67.0 Å². The lowest BCUT2D eigenvalue weighted by molar-refractivity contribution is 0.102. The number of fused-ring (bicyclic) bond motifs is 1. The molecule has 0 saturated carbocycles. The lowest BCUT2D eigenvalue weighted by atomic mass is 10.0. The monoisotopic (exact) mass is 387 g/mol. The topological polar surface area (TPSA) is 63.2 Å². The molecule has 148 valence electrons. The Labute approximate surface area is 171 Å². The molecule has 29 heavy (non-hydrogen) atoms. The maximum Gasteiger partial charge on any atom is 0.257 e. The number of carbonyl (C=O) groups excluding carboxylic acids is 1. The molecule has 3 aromatic rings. The van der Waals surface area contributed by atoms with Crippen molar-refractivity contribution in [2.24, 2.45) is 0 Å². The van der Waals surface area contributed by atoms with Gasteiger partial charge in [0.15, 0.2) is 0 Å². The van der Waals surface area contributed by atoms with E-state index in [1.165, 1.54) is 11.1 Å². The van der Waals surface area contributed by atoms with Gasteiger partial charge in [-0.15, -0.1) is 0 Å². The number of rotatable bonds is 6. The van der Waals surface area contributed by atoms with Crippen LogP contribution in [0.5, 0.6) is 5.75 Å². The zero-order valence-electron chi connectivity index (χ0n) is 16.7. The van der Waals surface area contributed by atoms with Crippen molar-refractivity contribution in [3.63, 3.8) is 0 Å². The normalized spacial score (nSPS) is 14.1. The molecule has 0 atom stereocenters. The molecule has 2 aromatic carbocycles. The van der Waals surface area contributed by atoms with Gasteiger partial charge in [-0.05, 0) is 60.9 Å². The van der Waals surface area contributed by atoms with Crippen molar-refractivity contribution in [2.45, 2.75) is 39.0 Å². The first kappa shape index (κ1) is 19.2. The van der Waals surface area contributed by atoms with Crippen molar-refractivity contribution < 1.29 is 9.53 Å². The number of benzene rings is 2. The second kappa shape index (κ2) is 8.05. The molecule has 1 aliphatic rings. The summed E-state index contributed by atoms with van der Waals surface area (Å²) in [5, 5.41) is 6.37. The number of amides is 1. The van der Waals surface area contributed by atoms with Gasteiger partial charge in [0.05, 0.1) is 5.56 Å². The van der Waals surface area contributed by atoms with Crippen LogP contribution in [0.3, 0.4) is 0 Å². The Bertz CT molecular complexity index is 998. The van der Waals surface area contributed by atoms with Gasteiger partial charge in [0, 0.05) is 37.6 Å². The standard InChI is InChI=1S/C24H25N3O2/c1-24(2)13-20-12-18(7-10-22(20)29-24)15-26-14-17-5-8-21(9-6-17)27-23(28)19-4-3-11-25-16-19/h3-12,16,26H,13-15H2,1-2H3,(H,27,28). The number of hydrogen-bond acceptors (Lipinski definition) is 4. The van der Waals surface area contributed by atoms with Gasteiger partial charge < -0.3 is 15.4 Å². The summed E-state index contributed by atoms with van der Waals surface area (Å²) in [6.07, 6.45) is 4.15. The number of hydrogen-bond donors (Lipinski definition) is 2. The summed E-state index contributed by atoms with van der Waals surface area (Å²) in [5.74, 6) is 0.843. The van der Waals surface area contributed by atoms with Gasteiger partial charge in [0.1, 0.15) is 11.4 Å². The number of pyridine rings is 1. The molecule has 5 nitrogen and oxygen atoms in total. The summed E-state index contributed by atoms with van der Waals surface area (Å²) in [6, 6.07) is 17.8. The fraction of sp³-hybridized carbons (Fsp3) is 0.250. The van der Waals surface area contributed by atoms with Crippen LogP contribution in [0, 0.1) is 0 Å². The largest absolute Gasteiger partial charge is 0.487 e. The van der Waals surface area contributed by atoms with Crippen molar-refractivity contribution in [3.8, 4) is 5.75 Å².